The molecule has 2 rings (SSSR count). The van der Waals surface area contributed by atoms with Crippen LogP contribution in [0.5, 0.6) is 5.75 Å². The molecule has 0 bridgehead atoms. The van der Waals surface area contributed by atoms with Gasteiger partial charge in [-0.2, -0.15) is 0 Å². The molecule has 0 fully saturated rings. The summed E-state index contributed by atoms with van der Waals surface area (Å²) in [5.74, 6) is -0.0825. The number of anilines is 2. The highest BCUT2D eigenvalue weighted by atomic mass is 16.5. The fourth-order valence-electron chi connectivity index (χ4n) is 2.85. The number of rotatable bonds is 10. The number of hydrazine groups is 1. The average molecular weight is 399 g/mol. The minimum absolute atomic E-state index is 0.00246. The van der Waals surface area contributed by atoms with E-state index >= 15 is 0 Å². The highest BCUT2D eigenvalue weighted by molar-refractivity contribution is 5.96. The van der Waals surface area contributed by atoms with Crippen LogP contribution in [0.1, 0.15) is 37.0 Å². The number of carbonyl (C=O) groups is 2. The third kappa shape index (κ3) is 6.71. The summed E-state index contributed by atoms with van der Waals surface area (Å²) < 4.78 is 5.22. The van der Waals surface area contributed by atoms with Gasteiger partial charge < -0.3 is 15.0 Å². The molecule has 0 radical (unpaired) electrons. The van der Waals surface area contributed by atoms with Crippen LogP contribution in [0.15, 0.2) is 48.5 Å². The van der Waals surface area contributed by atoms with Crippen LogP contribution in [-0.2, 0) is 4.79 Å². The van der Waals surface area contributed by atoms with E-state index in [1.165, 1.54) is 0 Å². The lowest BCUT2D eigenvalue weighted by Gasteiger charge is -2.23. The van der Waals surface area contributed by atoms with Gasteiger partial charge in [-0.1, -0.05) is 25.5 Å². The van der Waals surface area contributed by atoms with Gasteiger partial charge in [0.15, 0.2) is 0 Å². The lowest BCUT2D eigenvalue weighted by atomic mass is 10.1. The predicted molar refractivity (Wildman–Crippen MR) is 116 cm³/mol. The minimum atomic E-state index is -0.363. The average Bonchev–Trinajstić information content (AvgIpc) is 2.77. The Kier molecular flexibility index (Phi) is 8.82. The largest absolute Gasteiger partial charge is 0.495 e. The molecular formula is C22H30N4O3. The first-order chi connectivity index (χ1) is 14.1. The normalized spacial score (nSPS) is 10.2. The predicted octanol–water partition coefficient (Wildman–Crippen LogP) is 3.19. The molecule has 0 heterocycles. The number of hydrogen-bond donors (Lipinski definition) is 3. The maximum Gasteiger partial charge on any atom is 0.269 e. The van der Waals surface area contributed by atoms with E-state index in [1.54, 1.807) is 25.3 Å². The lowest BCUT2D eigenvalue weighted by Crippen LogP contribution is -2.44. The van der Waals surface area contributed by atoms with Gasteiger partial charge in [-0.3, -0.25) is 20.4 Å². The zero-order valence-electron chi connectivity index (χ0n) is 17.3. The van der Waals surface area contributed by atoms with E-state index in [0.717, 1.165) is 31.6 Å². The molecule has 0 spiro atoms. The van der Waals surface area contributed by atoms with Crippen molar-refractivity contribution in [2.24, 2.45) is 0 Å². The lowest BCUT2D eigenvalue weighted by molar-refractivity contribution is -0.120. The van der Waals surface area contributed by atoms with Gasteiger partial charge in [-0.25, -0.2) is 0 Å². The summed E-state index contributed by atoms with van der Waals surface area (Å²) >= 11 is 0. The van der Waals surface area contributed by atoms with Gasteiger partial charge in [0.05, 0.1) is 19.3 Å². The summed E-state index contributed by atoms with van der Waals surface area (Å²) in [5, 5.41) is 2.98. The third-order valence-corrected chi connectivity index (χ3v) is 4.52. The van der Waals surface area contributed by atoms with Gasteiger partial charge in [-0.15, -0.1) is 0 Å². The second-order valence-corrected chi connectivity index (χ2v) is 6.54. The first kappa shape index (κ1) is 22.1. The number of carbonyl (C=O) groups excluding carboxylic acids is 2. The molecular weight excluding hydrogens is 368 g/mol. The van der Waals surface area contributed by atoms with E-state index in [0.29, 0.717) is 17.0 Å². The number of unbranched alkanes of at least 4 members (excludes halogenated alkanes) is 1. The summed E-state index contributed by atoms with van der Waals surface area (Å²) in [5.41, 5.74) is 7.12. The first-order valence-corrected chi connectivity index (χ1v) is 9.90. The molecule has 0 aliphatic rings. The molecule has 156 valence electrons. The number of methoxy groups -OCH3 is 1. The quantitative estimate of drug-likeness (QED) is 0.536. The van der Waals surface area contributed by atoms with E-state index in [4.69, 9.17) is 4.74 Å². The maximum absolute atomic E-state index is 12.3. The van der Waals surface area contributed by atoms with Crippen LogP contribution in [0.25, 0.3) is 0 Å². The molecule has 0 saturated heterocycles. The Morgan fingerprint density at radius 2 is 1.72 bits per heavy atom. The number of para-hydroxylation sites is 2. The van der Waals surface area contributed by atoms with Crippen molar-refractivity contribution < 1.29 is 14.3 Å². The van der Waals surface area contributed by atoms with Crippen molar-refractivity contribution in [1.29, 1.82) is 0 Å². The summed E-state index contributed by atoms with van der Waals surface area (Å²) in [7, 11) is 1.57. The van der Waals surface area contributed by atoms with Crippen molar-refractivity contribution in [2.45, 2.75) is 26.7 Å². The zero-order chi connectivity index (χ0) is 21.1. The van der Waals surface area contributed by atoms with Crippen molar-refractivity contribution in [3.63, 3.8) is 0 Å². The van der Waals surface area contributed by atoms with Crippen LogP contribution >= 0.6 is 0 Å². The Balaban J connectivity index is 1.83. The van der Waals surface area contributed by atoms with Gasteiger partial charge >= 0.3 is 0 Å². The van der Waals surface area contributed by atoms with E-state index in [9.17, 15) is 9.59 Å². The number of nitrogens with zero attached hydrogens (tertiary/aromatic N) is 1. The van der Waals surface area contributed by atoms with Crippen molar-refractivity contribution in [1.82, 2.24) is 10.9 Å². The Morgan fingerprint density at radius 3 is 2.38 bits per heavy atom. The molecule has 7 heteroatoms. The smallest absolute Gasteiger partial charge is 0.269 e. The Hall–Kier alpha value is -3.22. The Bertz CT molecular complexity index is 793. The van der Waals surface area contributed by atoms with Gasteiger partial charge in [0.1, 0.15) is 5.75 Å². The molecule has 0 aliphatic heterocycles. The van der Waals surface area contributed by atoms with Crippen molar-refractivity contribution in [2.75, 3.05) is 37.0 Å². The zero-order valence-corrected chi connectivity index (χ0v) is 17.3. The second kappa shape index (κ2) is 11.6. The fourth-order valence-corrected chi connectivity index (χ4v) is 2.85. The molecule has 7 nitrogen and oxygen atoms in total. The molecule has 3 N–H and O–H groups in total. The number of amides is 2. The molecule has 0 atom stereocenters. The Labute approximate surface area is 172 Å². The number of hydrogen-bond acceptors (Lipinski definition) is 5. The molecule has 0 saturated carbocycles. The molecule has 2 aromatic rings. The SMILES string of the molecule is CCCCN(CC)c1ccc(C(=O)NNC(=O)CNc2ccccc2OC)cc1. The van der Waals surface area contributed by atoms with E-state index < -0.39 is 0 Å². The number of benzene rings is 2. The third-order valence-electron chi connectivity index (χ3n) is 4.52. The molecule has 0 aromatic heterocycles. The van der Waals surface area contributed by atoms with Gasteiger partial charge in [0.2, 0.25) is 0 Å². The standard InChI is InChI=1S/C22H30N4O3/c1-4-6-15-26(5-2)18-13-11-17(12-14-18)22(28)25-24-21(27)16-23-19-9-7-8-10-20(19)29-3/h7-14,23H,4-6,15-16H2,1-3H3,(H,24,27)(H,25,28). The van der Waals surface area contributed by atoms with E-state index in [2.05, 4.69) is 34.9 Å². The number of ether oxygens (including phenoxy) is 1. The Morgan fingerprint density at radius 1 is 1.00 bits per heavy atom. The summed E-state index contributed by atoms with van der Waals surface area (Å²) in [6.07, 6.45) is 2.27. The maximum atomic E-state index is 12.3. The summed E-state index contributed by atoms with van der Waals surface area (Å²) in [6, 6.07) is 14.7. The first-order valence-electron chi connectivity index (χ1n) is 9.90. The van der Waals surface area contributed by atoms with E-state index in [1.807, 2.05) is 30.3 Å². The fraction of sp³-hybridized carbons (Fsp3) is 0.364. The topological polar surface area (TPSA) is 82.7 Å². The van der Waals surface area contributed by atoms with Gasteiger partial charge in [0, 0.05) is 24.3 Å². The highest BCUT2D eigenvalue weighted by Gasteiger charge is 2.10. The van der Waals surface area contributed by atoms with Gasteiger partial charge in [0.25, 0.3) is 11.8 Å². The van der Waals surface area contributed by atoms with Crippen LogP contribution in [0, 0.1) is 0 Å². The summed E-state index contributed by atoms with van der Waals surface area (Å²) in [4.78, 5) is 26.5. The van der Waals surface area contributed by atoms with Crippen LogP contribution in [-0.4, -0.2) is 38.6 Å². The second-order valence-electron chi connectivity index (χ2n) is 6.54. The summed E-state index contributed by atoms with van der Waals surface area (Å²) in [6.45, 7) is 6.20. The molecule has 2 aromatic carbocycles. The van der Waals surface area contributed by atoms with Gasteiger partial charge in [-0.05, 0) is 49.7 Å². The van der Waals surface area contributed by atoms with Crippen LogP contribution in [0.4, 0.5) is 11.4 Å². The van der Waals surface area contributed by atoms with Crippen LogP contribution in [0.3, 0.4) is 0 Å². The highest BCUT2D eigenvalue weighted by Crippen LogP contribution is 2.22. The van der Waals surface area contributed by atoms with Crippen LogP contribution in [0.2, 0.25) is 0 Å². The molecule has 2 amide bonds. The minimum Gasteiger partial charge on any atom is -0.495 e. The van der Waals surface area contributed by atoms with E-state index in [-0.39, 0.29) is 18.4 Å². The molecule has 0 unspecified atom stereocenters. The van der Waals surface area contributed by atoms with Crippen molar-refractivity contribution in [3.8, 4) is 5.75 Å². The van der Waals surface area contributed by atoms with Crippen molar-refractivity contribution >= 4 is 23.2 Å². The molecule has 0 aliphatic carbocycles. The monoisotopic (exact) mass is 398 g/mol. The number of nitrogens with one attached hydrogen (secondary N) is 3. The van der Waals surface area contributed by atoms with Crippen LogP contribution < -0.4 is 25.8 Å². The molecule has 29 heavy (non-hydrogen) atoms. The van der Waals surface area contributed by atoms with Crippen molar-refractivity contribution in [3.05, 3.63) is 54.1 Å².